The van der Waals surface area contributed by atoms with E-state index in [0.717, 1.165) is 16.9 Å². The van der Waals surface area contributed by atoms with Crippen LogP contribution in [-0.4, -0.2) is 28.7 Å². The molecule has 0 saturated carbocycles. The number of carbonyl (C=O) groups is 1. The van der Waals surface area contributed by atoms with Gasteiger partial charge in [0.15, 0.2) is 5.16 Å². The van der Waals surface area contributed by atoms with E-state index in [-0.39, 0.29) is 5.91 Å². The number of nitrogens with one attached hydrogen (secondary N) is 1. The first kappa shape index (κ1) is 19.1. The second kappa shape index (κ2) is 9.29. The van der Waals surface area contributed by atoms with Crippen LogP contribution >= 0.6 is 23.1 Å². The van der Waals surface area contributed by atoms with Gasteiger partial charge in [-0.05, 0) is 48.2 Å². The molecule has 0 radical (unpaired) electrons. The Bertz CT molecular complexity index is 928. The van der Waals surface area contributed by atoms with Crippen LogP contribution in [0.2, 0.25) is 0 Å². The lowest BCUT2D eigenvalue weighted by Gasteiger charge is -2.10. The molecule has 0 fully saturated rings. The first-order chi connectivity index (χ1) is 13.2. The summed E-state index contributed by atoms with van der Waals surface area (Å²) in [7, 11) is 1.64. The van der Waals surface area contributed by atoms with E-state index < -0.39 is 0 Å². The molecule has 0 aliphatic rings. The number of rotatable bonds is 7. The standard InChI is InChI=1S/C19H18N4O2S2/c1-13(22-23-18(24)17-5-3-10-26-17)14-6-7-16(25-2)15(11-14)12-27-19-20-8-4-9-21-19/h3-11H,12H2,1-2H3,(H,23,24)/b22-13+. The first-order valence-electron chi connectivity index (χ1n) is 8.12. The normalized spacial score (nSPS) is 11.3. The second-order valence-corrected chi connectivity index (χ2v) is 7.35. The highest BCUT2D eigenvalue weighted by molar-refractivity contribution is 7.98. The van der Waals surface area contributed by atoms with Crippen molar-refractivity contribution in [2.45, 2.75) is 17.8 Å². The highest BCUT2D eigenvalue weighted by Crippen LogP contribution is 2.27. The number of benzene rings is 1. The molecule has 0 spiro atoms. The third-order valence-corrected chi connectivity index (χ3v) is 5.46. The summed E-state index contributed by atoms with van der Waals surface area (Å²) >= 11 is 2.91. The minimum Gasteiger partial charge on any atom is -0.496 e. The fourth-order valence-electron chi connectivity index (χ4n) is 2.28. The third kappa shape index (κ3) is 5.15. The number of hydrogen-bond acceptors (Lipinski definition) is 7. The van der Waals surface area contributed by atoms with Crippen molar-refractivity contribution in [2.24, 2.45) is 5.10 Å². The van der Waals surface area contributed by atoms with Gasteiger partial charge in [-0.2, -0.15) is 5.10 Å². The van der Waals surface area contributed by atoms with Gasteiger partial charge in [0, 0.05) is 23.7 Å². The largest absolute Gasteiger partial charge is 0.496 e. The number of thioether (sulfide) groups is 1. The average Bonchev–Trinajstić information content (AvgIpc) is 3.25. The molecule has 0 aliphatic carbocycles. The van der Waals surface area contributed by atoms with Crippen LogP contribution in [0.15, 0.2) is 64.4 Å². The van der Waals surface area contributed by atoms with E-state index in [9.17, 15) is 4.79 Å². The average molecular weight is 399 g/mol. The zero-order valence-corrected chi connectivity index (χ0v) is 16.5. The summed E-state index contributed by atoms with van der Waals surface area (Å²) < 4.78 is 5.45. The topological polar surface area (TPSA) is 76.5 Å². The van der Waals surface area contributed by atoms with Gasteiger partial charge in [-0.3, -0.25) is 4.79 Å². The molecule has 3 aromatic rings. The molecule has 1 N–H and O–H groups in total. The summed E-state index contributed by atoms with van der Waals surface area (Å²) in [5, 5.41) is 6.78. The highest BCUT2D eigenvalue weighted by atomic mass is 32.2. The molecule has 0 unspecified atom stereocenters. The minimum atomic E-state index is -0.213. The van der Waals surface area contributed by atoms with Gasteiger partial charge >= 0.3 is 0 Å². The molecule has 0 bridgehead atoms. The van der Waals surface area contributed by atoms with Crippen LogP contribution in [0.25, 0.3) is 0 Å². The molecule has 2 aromatic heterocycles. The molecule has 8 heteroatoms. The fourth-order valence-corrected chi connectivity index (χ4v) is 3.68. The number of ether oxygens (including phenoxy) is 1. The van der Waals surface area contributed by atoms with Crippen molar-refractivity contribution in [1.29, 1.82) is 0 Å². The van der Waals surface area contributed by atoms with E-state index in [2.05, 4.69) is 20.5 Å². The van der Waals surface area contributed by atoms with E-state index in [1.165, 1.54) is 23.1 Å². The monoisotopic (exact) mass is 398 g/mol. The summed E-state index contributed by atoms with van der Waals surface area (Å²) in [6.07, 6.45) is 3.44. The Morgan fingerprint density at radius 1 is 1.26 bits per heavy atom. The molecular formula is C19H18N4O2S2. The van der Waals surface area contributed by atoms with Crippen LogP contribution in [-0.2, 0) is 5.75 Å². The Kier molecular flexibility index (Phi) is 6.56. The van der Waals surface area contributed by atoms with Gasteiger partial charge in [-0.15, -0.1) is 11.3 Å². The van der Waals surface area contributed by atoms with Crippen molar-refractivity contribution >= 4 is 34.7 Å². The van der Waals surface area contributed by atoms with E-state index >= 15 is 0 Å². The van der Waals surface area contributed by atoms with Crippen molar-refractivity contribution in [2.75, 3.05) is 7.11 Å². The SMILES string of the molecule is COc1ccc(/C(C)=N/NC(=O)c2cccs2)cc1CSc1ncccn1. The summed E-state index contributed by atoms with van der Waals surface area (Å²) in [6.45, 7) is 1.85. The van der Waals surface area contributed by atoms with Gasteiger partial charge in [0.1, 0.15) is 5.75 Å². The van der Waals surface area contributed by atoms with Crippen LogP contribution in [0, 0.1) is 0 Å². The number of thiophene rings is 1. The number of hydrogen-bond donors (Lipinski definition) is 1. The molecule has 2 heterocycles. The number of hydrazone groups is 1. The maximum Gasteiger partial charge on any atom is 0.281 e. The van der Waals surface area contributed by atoms with Gasteiger partial charge < -0.3 is 4.74 Å². The summed E-state index contributed by atoms with van der Waals surface area (Å²) in [5.74, 6) is 1.24. The Morgan fingerprint density at radius 3 is 2.78 bits per heavy atom. The predicted octanol–water partition coefficient (Wildman–Crippen LogP) is 3.99. The zero-order valence-electron chi connectivity index (χ0n) is 14.9. The van der Waals surface area contributed by atoms with Crippen LogP contribution in [0.5, 0.6) is 5.75 Å². The number of carbonyl (C=O) groups excluding carboxylic acids is 1. The Labute approximate surface area is 165 Å². The van der Waals surface area contributed by atoms with Crippen LogP contribution < -0.4 is 10.2 Å². The number of amides is 1. The van der Waals surface area contributed by atoms with Gasteiger partial charge in [-0.1, -0.05) is 17.8 Å². The summed E-state index contributed by atoms with van der Waals surface area (Å²) in [4.78, 5) is 21.1. The summed E-state index contributed by atoms with van der Waals surface area (Å²) in [5.41, 5.74) is 5.22. The van der Waals surface area contributed by atoms with Crippen molar-refractivity contribution in [3.05, 3.63) is 70.2 Å². The van der Waals surface area contributed by atoms with Gasteiger partial charge in [0.2, 0.25) is 0 Å². The van der Waals surface area contributed by atoms with Gasteiger partial charge in [0.25, 0.3) is 5.91 Å². The minimum absolute atomic E-state index is 0.213. The lowest BCUT2D eigenvalue weighted by Crippen LogP contribution is -2.18. The number of methoxy groups -OCH3 is 1. The van der Waals surface area contributed by atoms with Crippen molar-refractivity contribution < 1.29 is 9.53 Å². The van der Waals surface area contributed by atoms with Crippen molar-refractivity contribution in [1.82, 2.24) is 15.4 Å². The smallest absolute Gasteiger partial charge is 0.281 e. The molecule has 1 aromatic carbocycles. The zero-order chi connectivity index (χ0) is 19.1. The van der Waals surface area contributed by atoms with E-state index in [1.54, 1.807) is 31.6 Å². The third-order valence-electron chi connectivity index (χ3n) is 3.67. The Balaban J connectivity index is 1.73. The van der Waals surface area contributed by atoms with Crippen LogP contribution in [0.4, 0.5) is 0 Å². The van der Waals surface area contributed by atoms with E-state index in [0.29, 0.717) is 21.5 Å². The second-order valence-electron chi connectivity index (χ2n) is 5.46. The molecule has 0 atom stereocenters. The number of aromatic nitrogens is 2. The molecular weight excluding hydrogens is 380 g/mol. The molecule has 138 valence electrons. The van der Waals surface area contributed by atoms with Crippen molar-refractivity contribution in [3.63, 3.8) is 0 Å². The lowest BCUT2D eigenvalue weighted by atomic mass is 10.1. The Morgan fingerprint density at radius 2 is 2.07 bits per heavy atom. The quantitative estimate of drug-likeness (QED) is 0.282. The maximum atomic E-state index is 12.0. The van der Waals surface area contributed by atoms with Gasteiger partial charge in [0.05, 0.1) is 17.7 Å². The fraction of sp³-hybridized carbons (Fsp3) is 0.158. The molecule has 27 heavy (non-hydrogen) atoms. The lowest BCUT2D eigenvalue weighted by molar-refractivity contribution is 0.0959. The van der Waals surface area contributed by atoms with Crippen LogP contribution in [0.3, 0.4) is 0 Å². The Hall–Kier alpha value is -2.71. The molecule has 0 aliphatic heterocycles. The van der Waals surface area contributed by atoms with E-state index in [4.69, 9.17) is 4.74 Å². The number of nitrogens with zero attached hydrogens (tertiary/aromatic N) is 3. The maximum absolute atomic E-state index is 12.0. The molecule has 1 amide bonds. The van der Waals surface area contributed by atoms with E-state index in [1.807, 2.05) is 36.6 Å². The first-order valence-corrected chi connectivity index (χ1v) is 9.99. The predicted molar refractivity (Wildman–Crippen MR) is 109 cm³/mol. The van der Waals surface area contributed by atoms with Gasteiger partial charge in [-0.25, -0.2) is 15.4 Å². The summed E-state index contributed by atoms with van der Waals surface area (Å²) in [6, 6.07) is 11.2. The highest BCUT2D eigenvalue weighted by Gasteiger charge is 2.09. The van der Waals surface area contributed by atoms with Crippen molar-refractivity contribution in [3.8, 4) is 5.75 Å². The molecule has 3 rings (SSSR count). The molecule has 0 saturated heterocycles. The van der Waals surface area contributed by atoms with Crippen LogP contribution in [0.1, 0.15) is 27.7 Å². The molecule has 6 nitrogen and oxygen atoms in total.